The molecule has 0 bridgehead atoms. The van der Waals surface area contributed by atoms with Crippen LogP contribution in [-0.2, 0) is 9.53 Å². The van der Waals surface area contributed by atoms with Crippen molar-refractivity contribution in [2.24, 2.45) is 0 Å². The number of carbonyl (C=O) groups is 1. The number of rotatable bonds is 3. The summed E-state index contributed by atoms with van der Waals surface area (Å²) < 4.78 is 36.3. The van der Waals surface area contributed by atoms with Gasteiger partial charge in [-0.3, -0.25) is 0 Å². The zero-order valence-electron chi connectivity index (χ0n) is 10.8. The lowest BCUT2D eigenvalue weighted by molar-refractivity contribution is -0.159. The number of hydrogen-bond donors (Lipinski definition) is 1. The van der Waals surface area contributed by atoms with Gasteiger partial charge in [-0.25, -0.2) is 4.79 Å². The van der Waals surface area contributed by atoms with Crippen LogP contribution in [0.1, 0.15) is 24.4 Å². The van der Waals surface area contributed by atoms with Crippen LogP contribution in [0.3, 0.4) is 0 Å². The molecule has 2 aliphatic rings. The Morgan fingerprint density at radius 2 is 2.15 bits per heavy atom. The number of esters is 1. The minimum Gasteiger partial charge on any atom is -0.493 e. The molecule has 0 spiro atoms. The predicted molar refractivity (Wildman–Crippen MR) is 66.7 cm³/mol. The Morgan fingerprint density at radius 3 is 2.90 bits per heavy atom. The number of nitrogens with one attached hydrogen (secondary N) is 1. The van der Waals surface area contributed by atoms with Crippen molar-refractivity contribution in [3.05, 3.63) is 29.8 Å². The quantitative estimate of drug-likeness (QED) is 0.863. The number of cyclic esters (lactones) is 1. The van der Waals surface area contributed by atoms with Crippen molar-refractivity contribution < 1.29 is 23.0 Å². The summed E-state index contributed by atoms with van der Waals surface area (Å²) in [4.78, 5) is 10.9. The molecule has 2 heterocycles. The molecule has 2 aliphatic heterocycles. The molecule has 2 atom stereocenters. The highest BCUT2D eigenvalue weighted by Crippen LogP contribution is 2.33. The van der Waals surface area contributed by atoms with Crippen LogP contribution < -0.4 is 10.1 Å². The molecule has 1 aromatic rings. The van der Waals surface area contributed by atoms with Crippen LogP contribution in [0.4, 0.5) is 8.78 Å². The number of hydrogen-bond acceptors (Lipinski definition) is 4. The molecule has 2 unspecified atom stereocenters. The van der Waals surface area contributed by atoms with Crippen molar-refractivity contribution in [3.63, 3.8) is 0 Å². The van der Waals surface area contributed by atoms with Gasteiger partial charge in [-0.15, -0.1) is 0 Å². The molecule has 0 saturated carbocycles. The van der Waals surface area contributed by atoms with Gasteiger partial charge in [0.15, 0.2) is 0 Å². The standard InChI is InChI=1S/C14H15F2NO3/c15-14(16)7-9(20-13(14)18)8-17-11-5-6-19-12-4-2-1-3-10(11)12/h1-4,9,11,17H,5-8H2. The largest absolute Gasteiger partial charge is 0.493 e. The van der Waals surface area contributed by atoms with Crippen LogP contribution in [-0.4, -0.2) is 31.1 Å². The molecule has 3 rings (SSSR count). The minimum atomic E-state index is -3.35. The molecule has 20 heavy (non-hydrogen) atoms. The number of para-hydroxylation sites is 1. The number of benzene rings is 1. The lowest BCUT2D eigenvalue weighted by Crippen LogP contribution is -2.33. The van der Waals surface area contributed by atoms with Gasteiger partial charge in [0.25, 0.3) is 0 Å². The van der Waals surface area contributed by atoms with Crippen molar-refractivity contribution in [2.75, 3.05) is 13.2 Å². The molecule has 1 aromatic carbocycles. The average molecular weight is 283 g/mol. The Morgan fingerprint density at radius 1 is 1.35 bits per heavy atom. The van der Waals surface area contributed by atoms with E-state index in [2.05, 4.69) is 10.1 Å². The van der Waals surface area contributed by atoms with Gasteiger partial charge < -0.3 is 14.8 Å². The third kappa shape index (κ3) is 2.47. The first-order chi connectivity index (χ1) is 9.56. The smallest absolute Gasteiger partial charge is 0.377 e. The van der Waals surface area contributed by atoms with E-state index in [1.807, 2.05) is 24.3 Å². The van der Waals surface area contributed by atoms with Gasteiger partial charge in [0.2, 0.25) is 0 Å². The summed E-state index contributed by atoms with van der Waals surface area (Å²) in [6, 6.07) is 7.66. The summed E-state index contributed by atoms with van der Waals surface area (Å²) in [6.45, 7) is 0.801. The summed E-state index contributed by atoms with van der Waals surface area (Å²) in [5, 5.41) is 3.19. The van der Waals surface area contributed by atoms with E-state index in [1.165, 1.54) is 0 Å². The number of ether oxygens (including phenoxy) is 2. The average Bonchev–Trinajstić information content (AvgIpc) is 2.70. The van der Waals surface area contributed by atoms with Gasteiger partial charge in [0.05, 0.1) is 13.0 Å². The van der Waals surface area contributed by atoms with Gasteiger partial charge >= 0.3 is 11.9 Å². The fourth-order valence-electron chi connectivity index (χ4n) is 2.59. The number of carbonyl (C=O) groups excluding carboxylic acids is 1. The molecule has 1 fully saturated rings. The van der Waals surface area contributed by atoms with Crippen LogP contribution in [0.2, 0.25) is 0 Å². The topological polar surface area (TPSA) is 47.6 Å². The lowest BCUT2D eigenvalue weighted by atomic mass is 10.0. The minimum absolute atomic E-state index is 0.0351. The van der Waals surface area contributed by atoms with Gasteiger partial charge in [0, 0.05) is 24.6 Å². The molecule has 108 valence electrons. The molecule has 4 nitrogen and oxygen atoms in total. The van der Waals surface area contributed by atoms with Gasteiger partial charge in [0.1, 0.15) is 11.9 Å². The zero-order chi connectivity index (χ0) is 14.2. The van der Waals surface area contributed by atoms with Crippen LogP contribution >= 0.6 is 0 Å². The monoisotopic (exact) mass is 283 g/mol. The van der Waals surface area contributed by atoms with Gasteiger partial charge in [-0.05, 0) is 6.07 Å². The number of halogens is 2. The molecule has 1 saturated heterocycles. The molecular weight excluding hydrogens is 268 g/mol. The van der Waals surface area contributed by atoms with Crippen LogP contribution in [0.15, 0.2) is 24.3 Å². The fraction of sp³-hybridized carbons (Fsp3) is 0.500. The highest BCUT2D eigenvalue weighted by atomic mass is 19.3. The Hall–Kier alpha value is -1.69. The highest BCUT2D eigenvalue weighted by molar-refractivity contribution is 5.79. The second kappa shape index (κ2) is 5.01. The Bertz CT molecular complexity index is 521. The van der Waals surface area contributed by atoms with E-state index in [0.29, 0.717) is 6.61 Å². The summed E-state index contributed by atoms with van der Waals surface area (Å²) in [6.07, 6.45) is -0.565. The normalized spacial score (nSPS) is 27.6. The second-order valence-corrected chi connectivity index (χ2v) is 5.07. The molecule has 0 radical (unpaired) electrons. The van der Waals surface area contributed by atoms with E-state index in [9.17, 15) is 13.6 Å². The molecule has 1 N–H and O–H groups in total. The number of fused-ring (bicyclic) bond motifs is 1. The number of alkyl halides is 2. The first-order valence-corrected chi connectivity index (χ1v) is 6.60. The SMILES string of the molecule is O=C1OC(CNC2CCOc3ccccc32)CC1(F)F. The van der Waals surface area contributed by atoms with Crippen molar-refractivity contribution in [1.82, 2.24) is 5.32 Å². The second-order valence-electron chi connectivity index (χ2n) is 5.07. The Labute approximate surface area is 115 Å². The fourth-order valence-corrected chi connectivity index (χ4v) is 2.59. The van der Waals surface area contributed by atoms with Gasteiger partial charge in [-0.2, -0.15) is 8.78 Å². The first-order valence-electron chi connectivity index (χ1n) is 6.60. The van der Waals surface area contributed by atoms with E-state index in [-0.39, 0.29) is 12.6 Å². The molecule has 6 heteroatoms. The van der Waals surface area contributed by atoms with Crippen LogP contribution in [0.5, 0.6) is 5.75 Å². The molecule has 0 amide bonds. The van der Waals surface area contributed by atoms with E-state index < -0.39 is 24.4 Å². The van der Waals surface area contributed by atoms with Crippen molar-refractivity contribution in [3.8, 4) is 5.75 Å². The third-order valence-electron chi connectivity index (χ3n) is 3.61. The van der Waals surface area contributed by atoms with Crippen LogP contribution in [0, 0.1) is 0 Å². The summed E-state index contributed by atoms with van der Waals surface area (Å²) in [5.74, 6) is -3.96. The first kappa shape index (κ1) is 13.3. The van der Waals surface area contributed by atoms with Gasteiger partial charge in [-0.1, -0.05) is 18.2 Å². The zero-order valence-corrected chi connectivity index (χ0v) is 10.8. The van der Waals surface area contributed by atoms with Crippen LogP contribution in [0.25, 0.3) is 0 Å². The summed E-state index contributed by atoms with van der Waals surface area (Å²) >= 11 is 0. The van der Waals surface area contributed by atoms with E-state index >= 15 is 0 Å². The third-order valence-corrected chi connectivity index (χ3v) is 3.61. The Balaban J connectivity index is 1.62. The molecule has 0 aromatic heterocycles. The van der Waals surface area contributed by atoms with Crippen molar-refractivity contribution in [1.29, 1.82) is 0 Å². The van der Waals surface area contributed by atoms with E-state index in [1.54, 1.807) is 0 Å². The van der Waals surface area contributed by atoms with Crippen molar-refractivity contribution in [2.45, 2.75) is 30.9 Å². The van der Waals surface area contributed by atoms with E-state index in [4.69, 9.17) is 4.74 Å². The maximum absolute atomic E-state index is 13.1. The van der Waals surface area contributed by atoms with Crippen molar-refractivity contribution >= 4 is 5.97 Å². The molecular formula is C14H15F2NO3. The maximum Gasteiger partial charge on any atom is 0.377 e. The predicted octanol–water partition coefficient (Wildman–Crippen LogP) is 2.05. The lowest BCUT2D eigenvalue weighted by Gasteiger charge is -2.27. The molecule has 0 aliphatic carbocycles. The Kier molecular flexibility index (Phi) is 3.33. The summed E-state index contributed by atoms with van der Waals surface area (Å²) in [7, 11) is 0. The van der Waals surface area contributed by atoms with E-state index in [0.717, 1.165) is 17.7 Å². The summed E-state index contributed by atoms with van der Waals surface area (Å²) in [5.41, 5.74) is 1.01. The maximum atomic E-state index is 13.1. The highest BCUT2D eigenvalue weighted by Gasteiger charge is 2.50.